The van der Waals surface area contributed by atoms with Gasteiger partial charge in [0.25, 0.3) is 5.69 Å². The van der Waals surface area contributed by atoms with E-state index in [0.29, 0.717) is 10.6 Å². The van der Waals surface area contributed by atoms with E-state index in [1.807, 2.05) is 30.3 Å². The zero-order chi connectivity index (χ0) is 26.4. The third kappa shape index (κ3) is 6.42. The van der Waals surface area contributed by atoms with E-state index < -0.39 is 10.9 Å². The van der Waals surface area contributed by atoms with Crippen molar-refractivity contribution in [3.8, 4) is 0 Å². The molecule has 0 aliphatic carbocycles. The quantitative estimate of drug-likeness (QED) is 0.186. The van der Waals surface area contributed by atoms with Crippen molar-refractivity contribution >= 4 is 40.8 Å². The molecule has 0 aliphatic rings. The van der Waals surface area contributed by atoms with Gasteiger partial charge in [0.05, 0.1) is 12.0 Å². The predicted octanol–water partition coefficient (Wildman–Crippen LogP) is 7.42. The average molecular weight is 508 g/mol. The Morgan fingerprint density at radius 2 is 1.47 bits per heavy atom. The first-order valence-corrected chi connectivity index (χ1v) is 12.3. The highest BCUT2D eigenvalue weighted by molar-refractivity contribution is 7.99. The molecular formula is C27H29N3O5S. The highest BCUT2D eigenvalue weighted by Gasteiger charge is 2.21. The van der Waals surface area contributed by atoms with Crippen LogP contribution >= 0.6 is 11.8 Å². The van der Waals surface area contributed by atoms with Crippen LogP contribution in [0.1, 0.15) is 61.0 Å². The van der Waals surface area contributed by atoms with Crippen LogP contribution in [-0.4, -0.2) is 24.0 Å². The fraction of sp³-hybridized carbons (Fsp3) is 0.259. The molecule has 0 saturated carbocycles. The standard InChI is InChI=1S/C27H29N3O5S/c1-16(2)21-7-6-8-22(17(3)4)25(21)29-27(32)28-18-9-11-19(12-10-18)36-20-13-14-24(30(33)34)23(15-20)26(31)35-5/h6-17H,1-5H3,(H2,28,29,32). The van der Waals surface area contributed by atoms with Gasteiger partial charge in [-0.2, -0.15) is 0 Å². The summed E-state index contributed by atoms with van der Waals surface area (Å²) < 4.78 is 4.67. The molecule has 0 aliphatic heterocycles. The molecule has 0 spiro atoms. The SMILES string of the molecule is COC(=O)c1cc(Sc2ccc(NC(=O)Nc3c(C(C)C)cccc3C(C)C)cc2)ccc1[N+](=O)[O-]. The van der Waals surface area contributed by atoms with Gasteiger partial charge in [-0.1, -0.05) is 57.7 Å². The second-order valence-corrected chi connectivity index (χ2v) is 9.90. The number of amides is 2. The molecule has 3 aromatic rings. The molecule has 0 heterocycles. The van der Waals surface area contributed by atoms with Crippen LogP contribution in [0, 0.1) is 10.1 Å². The van der Waals surface area contributed by atoms with Gasteiger partial charge in [-0.3, -0.25) is 10.1 Å². The van der Waals surface area contributed by atoms with Gasteiger partial charge in [0.15, 0.2) is 0 Å². The lowest BCUT2D eigenvalue weighted by Gasteiger charge is -2.20. The number of carbonyl (C=O) groups excluding carboxylic acids is 2. The Hall–Kier alpha value is -3.85. The van der Waals surface area contributed by atoms with Gasteiger partial charge in [0.2, 0.25) is 0 Å². The molecule has 0 aromatic heterocycles. The van der Waals surface area contributed by atoms with Crippen LogP contribution < -0.4 is 10.6 Å². The van der Waals surface area contributed by atoms with Crippen molar-refractivity contribution < 1.29 is 19.2 Å². The number of methoxy groups -OCH3 is 1. The minimum Gasteiger partial charge on any atom is -0.465 e. The van der Waals surface area contributed by atoms with E-state index in [1.54, 1.807) is 18.2 Å². The molecule has 8 nitrogen and oxygen atoms in total. The van der Waals surface area contributed by atoms with Crippen molar-refractivity contribution in [1.29, 1.82) is 0 Å². The van der Waals surface area contributed by atoms with Gasteiger partial charge in [0, 0.05) is 27.2 Å². The maximum atomic E-state index is 12.8. The van der Waals surface area contributed by atoms with E-state index in [0.717, 1.165) is 21.7 Å². The maximum absolute atomic E-state index is 12.8. The number of anilines is 2. The van der Waals surface area contributed by atoms with Crippen molar-refractivity contribution in [3.05, 3.63) is 87.5 Å². The lowest BCUT2D eigenvalue weighted by molar-refractivity contribution is -0.385. The molecule has 0 radical (unpaired) electrons. The summed E-state index contributed by atoms with van der Waals surface area (Å²) in [6.45, 7) is 8.38. The number of esters is 1. The molecule has 0 unspecified atom stereocenters. The molecule has 188 valence electrons. The largest absolute Gasteiger partial charge is 0.465 e. The Bertz CT molecular complexity index is 1250. The van der Waals surface area contributed by atoms with Gasteiger partial charge in [-0.25, -0.2) is 9.59 Å². The number of hydrogen-bond acceptors (Lipinski definition) is 6. The third-order valence-corrected chi connectivity index (χ3v) is 6.53. The number of nitro groups is 1. The van der Waals surface area contributed by atoms with Crippen molar-refractivity contribution in [3.63, 3.8) is 0 Å². The van der Waals surface area contributed by atoms with E-state index in [2.05, 4.69) is 43.1 Å². The molecule has 0 saturated heterocycles. The predicted molar refractivity (Wildman–Crippen MR) is 142 cm³/mol. The maximum Gasteiger partial charge on any atom is 0.344 e. The molecule has 0 fully saturated rings. The first-order valence-electron chi connectivity index (χ1n) is 11.5. The first kappa shape index (κ1) is 26.7. The number of nitrogens with zero attached hydrogens (tertiary/aromatic N) is 1. The number of urea groups is 1. The third-order valence-electron chi connectivity index (χ3n) is 5.53. The zero-order valence-corrected chi connectivity index (χ0v) is 21.6. The summed E-state index contributed by atoms with van der Waals surface area (Å²) >= 11 is 1.33. The summed E-state index contributed by atoms with van der Waals surface area (Å²) in [7, 11) is 1.18. The first-order chi connectivity index (χ1) is 17.1. The van der Waals surface area contributed by atoms with Gasteiger partial charge in [0.1, 0.15) is 5.56 Å². The minimum atomic E-state index is -0.769. The van der Waals surface area contributed by atoms with E-state index in [-0.39, 0.29) is 29.1 Å². The molecule has 36 heavy (non-hydrogen) atoms. The van der Waals surface area contributed by atoms with Crippen molar-refractivity contribution in [2.24, 2.45) is 0 Å². The van der Waals surface area contributed by atoms with Gasteiger partial charge < -0.3 is 15.4 Å². The van der Waals surface area contributed by atoms with Crippen molar-refractivity contribution in [2.45, 2.75) is 49.3 Å². The number of carbonyl (C=O) groups is 2. The van der Waals surface area contributed by atoms with Crippen LogP contribution in [0.25, 0.3) is 0 Å². The number of nitro benzene ring substituents is 1. The second-order valence-electron chi connectivity index (χ2n) is 8.75. The summed E-state index contributed by atoms with van der Waals surface area (Å²) in [6, 6.07) is 17.2. The van der Waals surface area contributed by atoms with Crippen molar-refractivity contribution in [1.82, 2.24) is 0 Å². The fourth-order valence-corrected chi connectivity index (χ4v) is 4.58. The number of nitrogens with one attached hydrogen (secondary N) is 2. The van der Waals surface area contributed by atoms with Gasteiger partial charge >= 0.3 is 12.0 Å². The van der Waals surface area contributed by atoms with Crippen molar-refractivity contribution in [2.75, 3.05) is 17.7 Å². The van der Waals surface area contributed by atoms with E-state index in [9.17, 15) is 19.7 Å². The van der Waals surface area contributed by atoms with Crippen LogP contribution in [0.2, 0.25) is 0 Å². The normalized spacial score (nSPS) is 10.9. The molecular weight excluding hydrogens is 478 g/mol. The monoisotopic (exact) mass is 507 g/mol. The summed E-state index contributed by atoms with van der Waals surface area (Å²) in [5.74, 6) is -0.252. The zero-order valence-electron chi connectivity index (χ0n) is 20.8. The van der Waals surface area contributed by atoms with E-state index >= 15 is 0 Å². The number of rotatable bonds is 8. The lowest BCUT2D eigenvalue weighted by atomic mass is 9.93. The molecule has 9 heteroatoms. The van der Waals surface area contributed by atoms with Crippen LogP contribution in [0.4, 0.5) is 21.9 Å². The molecule has 2 amide bonds. The Kier molecular flexibility index (Phi) is 8.71. The Morgan fingerprint density at radius 3 is 2.00 bits per heavy atom. The molecule has 3 rings (SSSR count). The van der Waals surface area contributed by atoms with E-state index in [1.165, 1.54) is 31.0 Å². The van der Waals surface area contributed by atoms with Crippen LogP contribution in [0.5, 0.6) is 0 Å². The number of benzene rings is 3. The van der Waals surface area contributed by atoms with Crippen LogP contribution in [0.3, 0.4) is 0 Å². The molecule has 2 N–H and O–H groups in total. The summed E-state index contributed by atoms with van der Waals surface area (Å²) in [6.07, 6.45) is 0. The van der Waals surface area contributed by atoms with Gasteiger partial charge in [-0.05, 0) is 59.4 Å². The van der Waals surface area contributed by atoms with E-state index in [4.69, 9.17) is 0 Å². The second kappa shape index (κ2) is 11.7. The molecule has 0 atom stereocenters. The van der Waals surface area contributed by atoms with Crippen LogP contribution in [-0.2, 0) is 4.74 Å². The fourth-order valence-electron chi connectivity index (χ4n) is 3.72. The Labute approximate surface area is 214 Å². The number of hydrogen-bond donors (Lipinski definition) is 2. The van der Waals surface area contributed by atoms with Gasteiger partial charge in [-0.15, -0.1) is 0 Å². The lowest BCUT2D eigenvalue weighted by Crippen LogP contribution is -2.21. The molecule has 3 aromatic carbocycles. The summed E-state index contributed by atoms with van der Waals surface area (Å²) in [5.41, 5.74) is 3.20. The Morgan fingerprint density at radius 1 is 0.889 bits per heavy atom. The summed E-state index contributed by atoms with van der Waals surface area (Å²) in [5, 5.41) is 17.1. The van der Waals surface area contributed by atoms with Crippen LogP contribution in [0.15, 0.2) is 70.5 Å². The highest BCUT2D eigenvalue weighted by Crippen LogP contribution is 2.34. The minimum absolute atomic E-state index is 0.107. The number of ether oxygens (including phenoxy) is 1. The topological polar surface area (TPSA) is 111 Å². The Balaban J connectivity index is 1.73. The number of para-hydroxylation sites is 1. The molecule has 0 bridgehead atoms. The summed E-state index contributed by atoms with van der Waals surface area (Å²) in [4.78, 5) is 36.8. The average Bonchev–Trinajstić information content (AvgIpc) is 2.84. The highest BCUT2D eigenvalue weighted by atomic mass is 32.2. The smallest absolute Gasteiger partial charge is 0.344 e.